The van der Waals surface area contributed by atoms with Crippen molar-refractivity contribution in [2.24, 2.45) is 5.92 Å². The van der Waals surface area contributed by atoms with Crippen molar-refractivity contribution in [2.45, 2.75) is 32.4 Å². The van der Waals surface area contributed by atoms with E-state index in [2.05, 4.69) is 65.1 Å². The van der Waals surface area contributed by atoms with Crippen LogP contribution in [-0.2, 0) is 6.54 Å². The number of thioether (sulfide) groups is 1. The molecule has 0 bridgehead atoms. The molecule has 0 aliphatic carbocycles. The van der Waals surface area contributed by atoms with Gasteiger partial charge in [0.1, 0.15) is 0 Å². The summed E-state index contributed by atoms with van der Waals surface area (Å²) >= 11 is 2.08. The zero-order valence-corrected chi connectivity index (χ0v) is 15.4. The third-order valence-electron chi connectivity index (χ3n) is 5.30. The molecule has 2 fully saturated rings. The summed E-state index contributed by atoms with van der Waals surface area (Å²) in [5.41, 5.74) is 2.73. The molecule has 4 heteroatoms. The highest BCUT2D eigenvalue weighted by Gasteiger charge is 2.22. The van der Waals surface area contributed by atoms with E-state index in [1.807, 2.05) is 0 Å². The maximum absolute atomic E-state index is 3.76. The van der Waals surface area contributed by atoms with Gasteiger partial charge in [-0.2, -0.15) is 11.8 Å². The molecule has 0 radical (unpaired) electrons. The van der Waals surface area contributed by atoms with Gasteiger partial charge in [0.15, 0.2) is 0 Å². The predicted molar refractivity (Wildman–Crippen MR) is 102 cm³/mol. The molecule has 3 rings (SSSR count). The minimum Gasteiger partial charge on any atom is -0.382 e. The SMILES string of the molecule is C[C@@H](Nc1cccc(CN2CCSCC2)c1)C1CCN(C)CC1. The van der Waals surface area contributed by atoms with Gasteiger partial charge < -0.3 is 10.2 Å². The average Bonchev–Trinajstić information content (AvgIpc) is 2.57. The predicted octanol–water partition coefficient (Wildman–Crippen LogP) is 3.38. The highest BCUT2D eigenvalue weighted by molar-refractivity contribution is 7.99. The van der Waals surface area contributed by atoms with Gasteiger partial charge in [0, 0.05) is 42.9 Å². The topological polar surface area (TPSA) is 18.5 Å². The molecule has 0 unspecified atom stereocenters. The van der Waals surface area contributed by atoms with E-state index in [1.165, 1.54) is 61.8 Å². The molecular formula is C19H31N3S. The molecule has 1 atom stereocenters. The van der Waals surface area contributed by atoms with E-state index in [-0.39, 0.29) is 0 Å². The highest BCUT2D eigenvalue weighted by Crippen LogP contribution is 2.23. The first-order chi connectivity index (χ1) is 11.2. The Balaban J connectivity index is 1.54. The Bertz CT molecular complexity index is 479. The summed E-state index contributed by atoms with van der Waals surface area (Å²) in [6.45, 7) is 8.39. The van der Waals surface area contributed by atoms with Gasteiger partial charge in [-0.15, -0.1) is 0 Å². The minimum atomic E-state index is 0.560. The second-order valence-electron chi connectivity index (χ2n) is 7.16. The van der Waals surface area contributed by atoms with Gasteiger partial charge in [0.05, 0.1) is 0 Å². The summed E-state index contributed by atoms with van der Waals surface area (Å²) in [5, 5.41) is 3.76. The van der Waals surface area contributed by atoms with Gasteiger partial charge in [-0.3, -0.25) is 4.90 Å². The zero-order valence-electron chi connectivity index (χ0n) is 14.6. The number of likely N-dealkylation sites (tertiary alicyclic amines) is 1. The second-order valence-corrected chi connectivity index (χ2v) is 8.39. The number of nitrogens with one attached hydrogen (secondary N) is 1. The van der Waals surface area contributed by atoms with Crippen LogP contribution < -0.4 is 5.32 Å². The fraction of sp³-hybridized carbons (Fsp3) is 0.684. The molecule has 0 spiro atoms. The number of piperidine rings is 1. The number of hydrogen-bond donors (Lipinski definition) is 1. The van der Waals surface area contributed by atoms with E-state index in [1.54, 1.807) is 0 Å². The molecule has 2 heterocycles. The van der Waals surface area contributed by atoms with Gasteiger partial charge in [0.25, 0.3) is 0 Å². The zero-order chi connectivity index (χ0) is 16.1. The first kappa shape index (κ1) is 17.1. The van der Waals surface area contributed by atoms with Gasteiger partial charge in [0.2, 0.25) is 0 Å². The Morgan fingerprint density at radius 1 is 1.17 bits per heavy atom. The highest BCUT2D eigenvalue weighted by atomic mass is 32.2. The van der Waals surface area contributed by atoms with Crippen molar-refractivity contribution in [1.29, 1.82) is 0 Å². The van der Waals surface area contributed by atoms with E-state index in [4.69, 9.17) is 0 Å². The number of hydrogen-bond acceptors (Lipinski definition) is 4. The molecule has 2 aliphatic heterocycles. The quantitative estimate of drug-likeness (QED) is 0.890. The molecule has 128 valence electrons. The minimum absolute atomic E-state index is 0.560. The molecule has 3 nitrogen and oxygen atoms in total. The fourth-order valence-electron chi connectivity index (χ4n) is 3.69. The fourth-order valence-corrected chi connectivity index (χ4v) is 4.66. The van der Waals surface area contributed by atoms with Crippen LogP contribution >= 0.6 is 11.8 Å². The van der Waals surface area contributed by atoms with E-state index in [0.29, 0.717) is 6.04 Å². The number of nitrogens with zero attached hydrogens (tertiary/aromatic N) is 2. The summed E-state index contributed by atoms with van der Waals surface area (Å²) in [6.07, 6.45) is 2.63. The smallest absolute Gasteiger partial charge is 0.0345 e. The van der Waals surface area contributed by atoms with Gasteiger partial charge in [-0.05, 0) is 63.5 Å². The van der Waals surface area contributed by atoms with Crippen LogP contribution in [0.1, 0.15) is 25.3 Å². The number of anilines is 1. The first-order valence-electron chi connectivity index (χ1n) is 9.05. The third kappa shape index (κ3) is 5.13. The van der Waals surface area contributed by atoms with E-state index in [9.17, 15) is 0 Å². The van der Waals surface area contributed by atoms with Crippen LogP contribution in [0.15, 0.2) is 24.3 Å². The number of benzene rings is 1. The van der Waals surface area contributed by atoms with Crippen LogP contribution in [-0.4, -0.2) is 60.6 Å². The van der Waals surface area contributed by atoms with E-state index in [0.717, 1.165) is 12.5 Å². The Morgan fingerprint density at radius 2 is 1.91 bits per heavy atom. The van der Waals surface area contributed by atoms with Gasteiger partial charge >= 0.3 is 0 Å². The molecule has 23 heavy (non-hydrogen) atoms. The summed E-state index contributed by atoms with van der Waals surface area (Å²) in [5.74, 6) is 3.37. The lowest BCUT2D eigenvalue weighted by Gasteiger charge is -2.33. The van der Waals surface area contributed by atoms with Gasteiger partial charge in [-0.25, -0.2) is 0 Å². The lowest BCUT2D eigenvalue weighted by atomic mass is 9.90. The van der Waals surface area contributed by atoms with Crippen molar-refractivity contribution in [1.82, 2.24) is 9.80 Å². The Hall–Kier alpha value is -0.710. The molecule has 0 amide bonds. The molecule has 1 aromatic carbocycles. The largest absolute Gasteiger partial charge is 0.382 e. The van der Waals surface area contributed by atoms with Crippen LogP contribution in [0.2, 0.25) is 0 Å². The van der Waals surface area contributed by atoms with Crippen molar-refractivity contribution < 1.29 is 0 Å². The van der Waals surface area contributed by atoms with Crippen molar-refractivity contribution in [3.05, 3.63) is 29.8 Å². The van der Waals surface area contributed by atoms with Crippen molar-refractivity contribution in [2.75, 3.05) is 50.0 Å². The van der Waals surface area contributed by atoms with Crippen molar-refractivity contribution >= 4 is 17.4 Å². The van der Waals surface area contributed by atoms with Crippen LogP contribution in [0.3, 0.4) is 0 Å². The normalized spacial score (nSPS) is 22.9. The molecular weight excluding hydrogens is 302 g/mol. The molecule has 1 N–H and O–H groups in total. The molecule has 2 aliphatic rings. The number of rotatable bonds is 5. The first-order valence-corrected chi connectivity index (χ1v) is 10.2. The lowest BCUT2D eigenvalue weighted by Crippen LogP contribution is -2.37. The Morgan fingerprint density at radius 3 is 2.65 bits per heavy atom. The van der Waals surface area contributed by atoms with Crippen molar-refractivity contribution in [3.8, 4) is 0 Å². The van der Waals surface area contributed by atoms with E-state index >= 15 is 0 Å². The van der Waals surface area contributed by atoms with Crippen LogP contribution in [0.4, 0.5) is 5.69 Å². The maximum Gasteiger partial charge on any atom is 0.0345 e. The Labute approximate surface area is 145 Å². The van der Waals surface area contributed by atoms with Crippen LogP contribution in [0, 0.1) is 5.92 Å². The van der Waals surface area contributed by atoms with E-state index < -0.39 is 0 Å². The molecule has 1 aromatic rings. The summed E-state index contributed by atoms with van der Waals surface area (Å²) in [6, 6.07) is 9.62. The van der Waals surface area contributed by atoms with Crippen molar-refractivity contribution in [3.63, 3.8) is 0 Å². The molecule has 2 saturated heterocycles. The van der Waals surface area contributed by atoms with Gasteiger partial charge in [-0.1, -0.05) is 12.1 Å². The third-order valence-corrected chi connectivity index (χ3v) is 6.24. The standard InChI is InChI=1S/C19H31N3S/c1-16(18-6-8-21(2)9-7-18)20-19-5-3-4-17(14-19)15-22-10-12-23-13-11-22/h3-5,14,16,18,20H,6-13,15H2,1-2H3/t16-/m1/s1. The average molecular weight is 334 g/mol. The van der Waals surface area contributed by atoms with Crippen LogP contribution in [0.5, 0.6) is 0 Å². The molecule has 0 saturated carbocycles. The monoisotopic (exact) mass is 333 g/mol. The van der Waals surface area contributed by atoms with Crippen LogP contribution in [0.25, 0.3) is 0 Å². The molecule has 0 aromatic heterocycles. The second kappa shape index (κ2) is 8.41. The summed E-state index contributed by atoms with van der Waals surface area (Å²) in [7, 11) is 2.23. The Kier molecular flexibility index (Phi) is 6.26. The summed E-state index contributed by atoms with van der Waals surface area (Å²) < 4.78 is 0. The summed E-state index contributed by atoms with van der Waals surface area (Å²) in [4.78, 5) is 5.02. The lowest BCUT2D eigenvalue weighted by molar-refractivity contribution is 0.208. The maximum atomic E-state index is 3.76.